The van der Waals surface area contributed by atoms with Gasteiger partial charge < -0.3 is 13.1 Å². The van der Waals surface area contributed by atoms with E-state index in [1.54, 1.807) is 13.8 Å². The van der Waals surface area contributed by atoms with E-state index in [2.05, 4.69) is 0 Å². The fraction of sp³-hybridized carbons (Fsp3) is 0.667. The topological polar surface area (TPSA) is 74.6 Å². The maximum atomic E-state index is 10.2. The Hall–Kier alpha value is -0.294. The van der Waals surface area contributed by atoms with Crippen molar-refractivity contribution >= 4 is 35.0 Å². The van der Waals surface area contributed by atoms with E-state index in [9.17, 15) is 9.59 Å². The minimum absolute atomic E-state index is 0. The van der Waals surface area contributed by atoms with E-state index < -0.39 is 17.9 Å². The summed E-state index contributed by atoms with van der Waals surface area (Å²) in [5, 5.41) is 16.7. The molecule has 0 saturated heterocycles. The van der Waals surface area contributed by atoms with Crippen molar-refractivity contribution in [2.75, 3.05) is 0 Å². The molecule has 0 spiro atoms. The van der Waals surface area contributed by atoms with Crippen molar-refractivity contribution in [2.24, 2.45) is 11.8 Å². The van der Waals surface area contributed by atoms with Crippen LogP contribution in [0.25, 0.3) is 0 Å². The van der Waals surface area contributed by atoms with E-state index in [1.807, 2.05) is 0 Å². The second-order valence-corrected chi connectivity index (χ2v) is 2.40. The van der Waals surface area contributed by atoms with Gasteiger partial charge in [0.05, 0.1) is 0 Å². The Morgan fingerprint density at radius 1 is 1.18 bits per heavy atom. The molecule has 0 heterocycles. The molecule has 0 aromatic rings. The number of carboxylic acids is 2. The predicted octanol–water partition coefficient (Wildman–Crippen LogP) is 0.272. The molecule has 4 nitrogen and oxygen atoms in total. The van der Waals surface area contributed by atoms with E-state index in [-0.39, 0.29) is 31.8 Å². The summed E-state index contributed by atoms with van der Waals surface area (Å²) < 4.78 is 0. The van der Waals surface area contributed by atoms with Gasteiger partial charge in [0, 0.05) is 0 Å². The second-order valence-electron chi connectivity index (χ2n) is 2.40. The SMILES string of the molecule is CC(C)C(C(=O)O)C(=O)O.[H-].[H-].[Mg+2]. The zero-order valence-electron chi connectivity index (χ0n) is 8.57. The van der Waals surface area contributed by atoms with Crippen LogP contribution >= 0.6 is 0 Å². The van der Waals surface area contributed by atoms with Crippen molar-refractivity contribution in [1.29, 1.82) is 0 Å². The van der Waals surface area contributed by atoms with E-state index >= 15 is 0 Å². The number of hydrogen-bond acceptors (Lipinski definition) is 2. The third kappa shape index (κ3) is 4.21. The van der Waals surface area contributed by atoms with Gasteiger partial charge in [-0.3, -0.25) is 9.59 Å². The van der Waals surface area contributed by atoms with E-state index in [0.717, 1.165) is 0 Å². The van der Waals surface area contributed by atoms with Gasteiger partial charge in [-0.2, -0.15) is 0 Å². The van der Waals surface area contributed by atoms with Gasteiger partial charge in [0.25, 0.3) is 0 Å². The Labute approximate surface area is 83.7 Å². The second kappa shape index (κ2) is 5.37. The van der Waals surface area contributed by atoms with Crippen LogP contribution < -0.4 is 0 Å². The number of carbonyl (C=O) groups is 2. The largest absolute Gasteiger partial charge is 2.00 e. The van der Waals surface area contributed by atoms with Crippen LogP contribution in [0.3, 0.4) is 0 Å². The van der Waals surface area contributed by atoms with Crippen molar-refractivity contribution in [2.45, 2.75) is 13.8 Å². The van der Waals surface area contributed by atoms with Crippen LogP contribution in [0.1, 0.15) is 16.7 Å². The van der Waals surface area contributed by atoms with E-state index in [0.29, 0.717) is 0 Å². The molecule has 0 radical (unpaired) electrons. The fourth-order valence-electron chi connectivity index (χ4n) is 0.676. The summed E-state index contributed by atoms with van der Waals surface area (Å²) in [5.41, 5.74) is 0. The van der Waals surface area contributed by atoms with Crippen LogP contribution in [0.4, 0.5) is 0 Å². The molecule has 11 heavy (non-hydrogen) atoms. The summed E-state index contributed by atoms with van der Waals surface area (Å²) >= 11 is 0. The predicted molar refractivity (Wildman–Crippen MR) is 41.6 cm³/mol. The van der Waals surface area contributed by atoms with Gasteiger partial charge in [-0.1, -0.05) is 13.8 Å². The summed E-state index contributed by atoms with van der Waals surface area (Å²) in [6.07, 6.45) is 0. The number of carboxylic acid groups (broad SMARTS) is 2. The van der Waals surface area contributed by atoms with E-state index in [1.165, 1.54) is 0 Å². The van der Waals surface area contributed by atoms with Gasteiger partial charge in [-0.15, -0.1) is 0 Å². The van der Waals surface area contributed by atoms with Gasteiger partial charge in [-0.05, 0) is 5.92 Å². The number of hydrogen-bond donors (Lipinski definition) is 2. The average molecular weight is 172 g/mol. The van der Waals surface area contributed by atoms with E-state index in [4.69, 9.17) is 10.2 Å². The fourth-order valence-corrected chi connectivity index (χ4v) is 0.676. The molecule has 0 atom stereocenters. The molecule has 0 unspecified atom stereocenters. The van der Waals surface area contributed by atoms with Gasteiger partial charge in [0.15, 0.2) is 5.92 Å². The smallest absolute Gasteiger partial charge is 1.00 e. The minimum atomic E-state index is -1.28. The third-order valence-corrected chi connectivity index (χ3v) is 1.20. The van der Waals surface area contributed by atoms with Crippen LogP contribution in [0.5, 0.6) is 0 Å². The van der Waals surface area contributed by atoms with Crippen molar-refractivity contribution in [1.82, 2.24) is 0 Å². The van der Waals surface area contributed by atoms with Crippen molar-refractivity contribution in [3.8, 4) is 0 Å². The molecule has 0 aliphatic heterocycles. The van der Waals surface area contributed by atoms with Gasteiger partial charge in [0.1, 0.15) is 0 Å². The molecular formula is C6H12MgO4. The summed E-state index contributed by atoms with van der Waals surface area (Å²) in [7, 11) is 0. The first-order chi connectivity index (χ1) is 4.46. The van der Waals surface area contributed by atoms with Crippen LogP contribution in [-0.2, 0) is 9.59 Å². The quantitative estimate of drug-likeness (QED) is 0.473. The van der Waals surface area contributed by atoms with Crippen molar-refractivity contribution in [3.63, 3.8) is 0 Å². The van der Waals surface area contributed by atoms with Gasteiger partial charge >= 0.3 is 35.0 Å². The Morgan fingerprint density at radius 3 is 1.45 bits per heavy atom. The normalized spacial score (nSPS) is 9.45. The zero-order chi connectivity index (χ0) is 8.31. The van der Waals surface area contributed by atoms with Crippen LogP contribution in [0.15, 0.2) is 0 Å². The first kappa shape index (κ1) is 13.3. The maximum absolute atomic E-state index is 10.2. The molecule has 5 heteroatoms. The third-order valence-electron chi connectivity index (χ3n) is 1.20. The molecule has 0 aliphatic rings. The molecule has 0 aromatic carbocycles. The standard InChI is InChI=1S/C6H10O4.Mg.2H/c1-3(2)4(5(7)8)6(9)10;;;/h3-4H,1-2H3,(H,7,8)(H,9,10);;;/q;+2;2*-1. The molecule has 0 aliphatic carbocycles. The molecule has 0 aromatic heterocycles. The Balaban J connectivity index is -0.000000135. The van der Waals surface area contributed by atoms with Gasteiger partial charge in [0.2, 0.25) is 0 Å². The monoisotopic (exact) mass is 172 g/mol. The molecule has 62 valence electrons. The summed E-state index contributed by atoms with van der Waals surface area (Å²) in [6, 6.07) is 0. The number of rotatable bonds is 3. The summed E-state index contributed by atoms with van der Waals surface area (Å²) in [4.78, 5) is 20.4. The molecule has 0 amide bonds. The van der Waals surface area contributed by atoms with Crippen LogP contribution in [0.2, 0.25) is 0 Å². The van der Waals surface area contributed by atoms with Crippen molar-refractivity contribution in [3.05, 3.63) is 0 Å². The van der Waals surface area contributed by atoms with Gasteiger partial charge in [-0.25, -0.2) is 0 Å². The first-order valence-corrected chi connectivity index (χ1v) is 2.92. The molecule has 0 fully saturated rings. The molecular weight excluding hydrogens is 160 g/mol. The van der Waals surface area contributed by atoms with Crippen molar-refractivity contribution < 1.29 is 22.7 Å². The maximum Gasteiger partial charge on any atom is 2.00 e. The molecule has 2 N–H and O–H groups in total. The molecule has 0 bridgehead atoms. The zero-order valence-corrected chi connectivity index (χ0v) is 7.99. The number of aliphatic carboxylic acids is 2. The average Bonchev–Trinajstić information content (AvgIpc) is 1.59. The van der Waals surface area contributed by atoms with Crippen LogP contribution in [-0.4, -0.2) is 45.2 Å². The van der Waals surface area contributed by atoms with Crippen LogP contribution in [0, 0.1) is 11.8 Å². The minimum Gasteiger partial charge on any atom is -1.00 e. The Bertz CT molecular complexity index is 149. The molecule has 0 saturated carbocycles. The first-order valence-electron chi connectivity index (χ1n) is 2.92. The summed E-state index contributed by atoms with van der Waals surface area (Å²) in [5.74, 6) is -4.19. The Kier molecular flexibility index (Phi) is 6.49. The Morgan fingerprint density at radius 2 is 1.45 bits per heavy atom. The summed E-state index contributed by atoms with van der Waals surface area (Å²) in [6.45, 7) is 3.12. The molecule has 0 rings (SSSR count).